The molecule has 0 bridgehead atoms. The third kappa shape index (κ3) is 1.92. The van der Waals surface area contributed by atoms with Gasteiger partial charge in [-0.25, -0.2) is 0 Å². The van der Waals surface area contributed by atoms with Gasteiger partial charge in [0.1, 0.15) is 11.5 Å². The number of thiophene rings is 1. The number of hydrogen-bond acceptors (Lipinski definition) is 2. The molecule has 2 aliphatic rings. The lowest BCUT2D eigenvalue weighted by atomic mass is 9.34. The Morgan fingerprint density at radius 1 is 0.588 bits per heavy atom. The molecule has 0 radical (unpaired) electrons. The summed E-state index contributed by atoms with van der Waals surface area (Å²) in [6.45, 7) is 0.173. The molecule has 0 unspecified atom stereocenters. The van der Waals surface area contributed by atoms with Crippen LogP contribution in [0.1, 0.15) is 0 Å². The van der Waals surface area contributed by atoms with Crippen molar-refractivity contribution in [1.82, 2.24) is 4.57 Å². The van der Waals surface area contributed by atoms with Crippen LogP contribution in [-0.4, -0.2) is 11.3 Å². The lowest BCUT2D eigenvalue weighted by Crippen LogP contribution is -2.58. The minimum atomic E-state index is 0.173. The van der Waals surface area contributed by atoms with Gasteiger partial charge < -0.3 is 9.30 Å². The summed E-state index contributed by atoms with van der Waals surface area (Å²) in [6, 6.07) is 35.3. The van der Waals surface area contributed by atoms with Gasteiger partial charge in [0.25, 0.3) is 6.71 Å². The lowest BCUT2D eigenvalue weighted by molar-refractivity contribution is 0.487. The van der Waals surface area contributed by atoms with E-state index < -0.39 is 0 Å². The molecule has 0 aliphatic carbocycles. The SMILES string of the molecule is c1ccc2c(c1)Oc1cccc3c1B2c1cccc2c4ccc5sc6ccccc6c5c4n-3c12. The molecule has 9 rings (SSSR count). The highest BCUT2D eigenvalue weighted by molar-refractivity contribution is 7.26. The van der Waals surface area contributed by atoms with E-state index in [2.05, 4.69) is 102 Å². The maximum Gasteiger partial charge on any atom is 0.256 e. The van der Waals surface area contributed by atoms with Crippen molar-refractivity contribution >= 4 is 76.4 Å². The fourth-order valence-electron chi connectivity index (χ4n) is 6.38. The minimum Gasteiger partial charge on any atom is -0.458 e. The molecule has 0 saturated carbocycles. The van der Waals surface area contributed by atoms with Crippen LogP contribution in [0.15, 0.2) is 97.1 Å². The molecule has 0 spiro atoms. The Morgan fingerprint density at radius 2 is 1.35 bits per heavy atom. The Hall–Kier alpha value is -4.02. The van der Waals surface area contributed by atoms with Crippen molar-refractivity contribution in [3.8, 4) is 17.2 Å². The number of fused-ring (bicyclic) bond motifs is 11. The van der Waals surface area contributed by atoms with Gasteiger partial charge in [0.15, 0.2) is 0 Å². The Bertz CT molecular complexity index is 2010. The quantitative estimate of drug-likeness (QED) is 0.256. The van der Waals surface area contributed by atoms with Crippen LogP contribution in [0.4, 0.5) is 0 Å². The van der Waals surface area contributed by atoms with E-state index in [1.165, 1.54) is 64.1 Å². The van der Waals surface area contributed by atoms with E-state index in [9.17, 15) is 0 Å². The molecule has 2 aliphatic heterocycles. The molecule has 0 N–H and O–H groups in total. The van der Waals surface area contributed by atoms with Crippen LogP contribution in [0.2, 0.25) is 0 Å². The molecule has 0 amide bonds. The predicted molar refractivity (Wildman–Crippen MR) is 145 cm³/mol. The maximum absolute atomic E-state index is 6.46. The Morgan fingerprint density at radius 3 is 2.35 bits per heavy atom. The number of aromatic nitrogens is 1. The first-order valence-corrected chi connectivity index (χ1v) is 12.5. The number of para-hydroxylation sites is 2. The molecule has 2 nitrogen and oxygen atoms in total. The molecule has 2 aromatic heterocycles. The predicted octanol–water partition coefficient (Wildman–Crippen LogP) is 6.09. The zero-order valence-corrected chi connectivity index (χ0v) is 18.9. The molecular formula is C30H16BNOS. The minimum absolute atomic E-state index is 0.173. The highest BCUT2D eigenvalue weighted by atomic mass is 32.1. The van der Waals surface area contributed by atoms with Crippen LogP contribution in [0.5, 0.6) is 11.5 Å². The van der Waals surface area contributed by atoms with Gasteiger partial charge in [0.05, 0.1) is 5.52 Å². The van der Waals surface area contributed by atoms with E-state index >= 15 is 0 Å². The standard InChI is InChI=1S/C30H16BNOS/c1-4-14-25-19(7-1)27-26(34-25)16-15-18-17-8-5-10-21-29(17)32(30(18)27)22-11-6-13-24-28(22)31(21)20-9-2-3-12-23(20)33-24/h1-16H. The maximum atomic E-state index is 6.46. The van der Waals surface area contributed by atoms with Gasteiger partial charge in [0.2, 0.25) is 0 Å². The van der Waals surface area contributed by atoms with Gasteiger partial charge in [-0.1, -0.05) is 66.7 Å². The fraction of sp³-hybridized carbons (Fsp3) is 0. The number of nitrogens with zero attached hydrogens (tertiary/aromatic N) is 1. The van der Waals surface area contributed by atoms with Crippen molar-refractivity contribution < 1.29 is 4.74 Å². The third-order valence-corrected chi connectivity index (χ3v) is 8.79. The van der Waals surface area contributed by atoms with Gasteiger partial charge in [-0.15, -0.1) is 11.3 Å². The van der Waals surface area contributed by atoms with Crippen LogP contribution < -0.4 is 21.1 Å². The van der Waals surface area contributed by atoms with Crippen LogP contribution in [0.3, 0.4) is 0 Å². The summed E-state index contributed by atoms with van der Waals surface area (Å²) in [6.07, 6.45) is 0. The van der Waals surface area contributed by atoms with E-state index in [1.54, 1.807) is 0 Å². The summed E-state index contributed by atoms with van der Waals surface area (Å²) in [4.78, 5) is 0. The summed E-state index contributed by atoms with van der Waals surface area (Å²) >= 11 is 1.88. The fourth-order valence-corrected chi connectivity index (χ4v) is 7.49. The topological polar surface area (TPSA) is 14.2 Å². The summed E-state index contributed by atoms with van der Waals surface area (Å²) in [7, 11) is 0. The van der Waals surface area contributed by atoms with Crippen molar-refractivity contribution in [3.05, 3.63) is 97.1 Å². The van der Waals surface area contributed by atoms with Gasteiger partial charge >= 0.3 is 0 Å². The zero-order valence-electron chi connectivity index (χ0n) is 18.1. The zero-order chi connectivity index (χ0) is 22.0. The van der Waals surface area contributed by atoms with Gasteiger partial charge in [-0.05, 0) is 46.7 Å². The molecule has 7 aromatic rings. The lowest BCUT2D eigenvalue weighted by Gasteiger charge is -2.33. The second-order valence-corrected chi connectivity index (χ2v) is 10.4. The molecule has 0 fully saturated rings. The van der Waals surface area contributed by atoms with E-state index in [4.69, 9.17) is 4.74 Å². The van der Waals surface area contributed by atoms with Crippen molar-refractivity contribution in [2.45, 2.75) is 0 Å². The molecule has 156 valence electrons. The molecule has 34 heavy (non-hydrogen) atoms. The average molecular weight is 449 g/mol. The van der Waals surface area contributed by atoms with Crippen LogP contribution >= 0.6 is 11.3 Å². The normalized spacial score (nSPS) is 13.5. The largest absolute Gasteiger partial charge is 0.458 e. The number of rotatable bonds is 0. The van der Waals surface area contributed by atoms with E-state index in [0.717, 1.165) is 11.5 Å². The molecule has 4 heterocycles. The van der Waals surface area contributed by atoms with Crippen molar-refractivity contribution in [2.75, 3.05) is 0 Å². The van der Waals surface area contributed by atoms with Crippen molar-refractivity contribution in [1.29, 1.82) is 0 Å². The number of benzene rings is 5. The van der Waals surface area contributed by atoms with E-state index in [0.29, 0.717) is 0 Å². The smallest absolute Gasteiger partial charge is 0.256 e. The number of hydrogen-bond donors (Lipinski definition) is 0. The van der Waals surface area contributed by atoms with Crippen molar-refractivity contribution in [3.63, 3.8) is 0 Å². The van der Waals surface area contributed by atoms with E-state index in [1.807, 2.05) is 11.3 Å². The average Bonchev–Trinajstić information content (AvgIpc) is 3.43. The Kier molecular flexibility index (Phi) is 3.03. The first-order chi connectivity index (χ1) is 16.9. The van der Waals surface area contributed by atoms with Gasteiger partial charge in [-0.2, -0.15) is 0 Å². The third-order valence-electron chi connectivity index (χ3n) is 7.65. The Balaban J connectivity index is 1.57. The summed E-state index contributed by atoms with van der Waals surface area (Å²) < 4.78 is 11.7. The van der Waals surface area contributed by atoms with Gasteiger partial charge in [0, 0.05) is 42.1 Å². The summed E-state index contributed by atoms with van der Waals surface area (Å²) in [5.41, 5.74) is 7.75. The first kappa shape index (κ1) is 17.5. The van der Waals surface area contributed by atoms with Crippen molar-refractivity contribution in [2.24, 2.45) is 0 Å². The highest BCUT2D eigenvalue weighted by Crippen LogP contribution is 2.44. The summed E-state index contributed by atoms with van der Waals surface area (Å²) in [5.74, 6) is 1.93. The van der Waals surface area contributed by atoms with Crippen LogP contribution in [0, 0.1) is 0 Å². The van der Waals surface area contributed by atoms with Crippen LogP contribution in [0.25, 0.3) is 47.7 Å². The second-order valence-electron chi connectivity index (χ2n) is 9.27. The monoisotopic (exact) mass is 449 g/mol. The molecule has 4 heteroatoms. The molecular weight excluding hydrogens is 433 g/mol. The molecule has 0 atom stereocenters. The first-order valence-electron chi connectivity index (χ1n) is 11.7. The van der Waals surface area contributed by atoms with Crippen LogP contribution in [-0.2, 0) is 0 Å². The van der Waals surface area contributed by atoms with E-state index in [-0.39, 0.29) is 6.71 Å². The molecule has 0 saturated heterocycles. The highest BCUT2D eigenvalue weighted by Gasteiger charge is 2.40. The number of ether oxygens (including phenoxy) is 1. The Labute approximate surface area is 199 Å². The molecule has 5 aromatic carbocycles. The second kappa shape index (κ2) is 5.91. The van der Waals surface area contributed by atoms with Gasteiger partial charge in [-0.3, -0.25) is 0 Å². The summed E-state index contributed by atoms with van der Waals surface area (Å²) in [5, 5.41) is 5.33.